The number of aliphatic hydroxyl groups is 1. The molecule has 120 valence electrons. The highest BCUT2D eigenvalue weighted by Gasteiger charge is 2.23. The van der Waals surface area contributed by atoms with Crippen LogP contribution in [0.4, 0.5) is 0 Å². The van der Waals surface area contributed by atoms with Gasteiger partial charge in [-0.2, -0.15) is 0 Å². The van der Waals surface area contributed by atoms with Crippen molar-refractivity contribution in [2.45, 2.75) is 45.3 Å². The molecule has 21 heavy (non-hydrogen) atoms. The van der Waals surface area contributed by atoms with Gasteiger partial charge in [0.25, 0.3) is 6.47 Å². The third-order valence-electron chi connectivity index (χ3n) is 3.12. The molecule has 1 aromatic rings. The minimum atomic E-state index is -0.324. The molecule has 1 aliphatic rings. The van der Waals surface area contributed by atoms with Crippen LogP contribution in [0.25, 0.3) is 0 Å². The highest BCUT2D eigenvalue weighted by Crippen LogP contribution is 2.34. The van der Waals surface area contributed by atoms with E-state index in [1.54, 1.807) is 0 Å². The zero-order valence-corrected chi connectivity index (χ0v) is 14.3. The largest absolute Gasteiger partial charge is 0.462 e. The van der Waals surface area contributed by atoms with E-state index in [2.05, 4.69) is 10.1 Å². The molecule has 4 nitrogen and oxygen atoms in total. The summed E-state index contributed by atoms with van der Waals surface area (Å²) in [4.78, 5) is 10.6. The molecule has 0 amide bonds. The van der Waals surface area contributed by atoms with Gasteiger partial charge in [-0.15, -0.1) is 11.3 Å². The number of hydrogen-bond donors (Lipinski definition) is 2. The number of carbonyl (C=O) groups excluding carboxylic acids is 1. The lowest BCUT2D eigenvalue weighted by Crippen LogP contribution is -2.30. The van der Waals surface area contributed by atoms with Crippen LogP contribution in [0.1, 0.15) is 44.6 Å². The fourth-order valence-corrected chi connectivity index (χ4v) is 3.16. The van der Waals surface area contributed by atoms with Gasteiger partial charge in [0.05, 0.1) is 10.4 Å². The lowest BCUT2D eigenvalue weighted by atomic mass is 9.91. The summed E-state index contributed by atoms with van der Waals surface area (Å²) in [5.41, 5.74) is -0.318. The number of aliphatic hydroxyl groups excluding tert-OH is 1. The maximum Gasteiger partial charge on any atom is 0.293 e. The second-order valence-electron chi connectivity index (χ2n) is 6.00. The number of rotatable bonds is 3. The van der Waals surface area contributed by atoms with E-state index in [1.807, 2.05) is 32.9 Å². The van der Waals surface area contributed by atoms with Crippen LogP contribution in [-0.2, 0) is 9.53 Å². The van der Waals surface area contributed by atoms with Crippen molar-refractivity contribution in [3.05, 3.63) is 21.3 Å². The molecule has 1 aromatic heterocycles. The fourth-order valence-electron chi connectivity index (χ4n) is 2.02. The molecule has 6 heteroatoms. The summed E-state index contributed by atoms with van der Waals surface area (Å²) in [6, 6.07) is 3.78. The highest BCUT2D eigenvalue weighted by atomic mass is 35.5. The topological polar surface area (TPSA) is 58.6 Å². The zero-order chi connectivity index (χ0) is 15.9. The van der Waals surface area contributed by atoms with Crippen LogP contribution in [0.15, 0.2) is 12.1 Å². The molecule has 1 fully saturated rings. The van der Waals surface area contributed by atoms with Crippen molar-refractivity contribution in [1.29, 1.82) is 0 Å². The average molecular weight is 334 g/mol. The Balaban J connectivity index is 0.000000270. The van der Waals surface area contributed by atoms with Crippen molar-refractivity contribution >= 4 is 29.4 Å². The summed E-state index contributed by atoms with van der Waals surface area (Å²) in [7, 11) is 0. The monoisotopic (exact) mass is 333 g/mol. The van der Waals surface area contributed by atoms with Crippen LogP contribution in [-0.4, -0.2) is 30.3 Å². The third kappa shape index (κ3) is 7.27. The number of nitrogens with one attached hydrogen (secondary N) is 1. The standard InChI is InChI=1S/C10H14ClNOS.C5H10O2/c11-9-2-1-8(14-9)10(13)7-3-5-12-6-4-7;1-5(2,3)7-4-6/h1-2,7,10,12-13H,3-6H2;4H,1-3H3. The Bertz CT molecular complexity index is 425. The van der Waals surface area contributed by atoms with E-state index < -0.39 is 0 Å². The molecule has 1 unspecified atom stereocenters. The molecule has 0 spiro atoms. The number of thiophene rings is 1. The van der Waals surface area contributed by atoms with Crippen molar-refractivity contribution in [2.24, 2.45) is 5.92 Å². The number of halogens is 1. The van der Waals surface area contributed by atoms with Gasteiger partial charge in [-0.1, -0.05) is 11.6 Å². The minimum absolute atomic E-state index is 0.318. The molecule has 2 heterocycles. The quantitative estimate of drug-likeness (QED) is 0.832. The van der Waals surface area contributed by atoms with Gasteiger partial charge in [-0.05, 0) is 64.8 Å². The van der Waals surface area contributed by atoms with Gasteiger partial charge in [0, 0.05) is 4.88 Å². The van der Waals surface area contributed by atoms with Gasteiger partial charge in [0.1, 0.15) is 5.60 Å². The van der Waals surface area contributed by atoms with E-state index in [9.17, 15) is 9.90 Å². The molecule has 0 aliphatic carbocycles. The SMILES string of the molecule is CC(C)(C)OC=O.OC(c1ccc(Cl)s1)C1CCNCC1. The summed E-state index contributed by atoms with van der Waals surface area (Å²) in [5.74, 6) is 0.394. The van der Waals surface area contributed by atoms with Crippen molar-refractivity contribution in [2.75, 3.05) is 13.1 Å². The smallest absolute Gasteiger partial charge is 0.293 e. The Morgan fingerprint density at radius 1 is 1.43 bits per heavy atom. The maximum atomic E-state index is 10.1. The number of ether oxygens (including phenoxy) is 1. The van der Waals surface area contributed by atoms with Gasteiger partial charge in [-0.3, -0.25) is 4.79 Å². The predicted octanol–water partition coefficient (Wildman–Crippen LogP) is 3.39. The molecule has 0 radical (unpaired) electrons. The molecule has 2 rings (SSSR count). The molecule has 1 aliphatic heterocycles. The lowest BCUT2D eigenvalue weighted by molar-refractivity contribution is -0.138. The molecule has 0 bridgehead atoms. The first kappa shape index (κ1) is 18.4. The Morgan fingerprint density at radius 3 is 2.43 bits per heavy atom. The maximum absolute atomic E-state index is 10.1. The minimum Gasteiger partial charge on any atom is -0.462 e. The van der Waals surface area contributed by atoms with Crippen LogP contribution in [0.3, 0.4) is 0 Å². The first-order chi connectivity index (χ1) is 9.83. The predicted molar refractivity (Wildman–Crippen MR) is 86.8 cm³/mol. The number of carbonyl (C=O) groups is 1. The third-order valence-corrected chi connectivity index (χ3v) is 4.42. The Labute approximate surface area is 135 Å². The summed E-state index contributed by atoms with van der Waals surface area (Å²) in [5, 5.41) is 13.4. The van der Waals surface area contributed by atoms with Crippen molar-refractivity contribution in [1.82, 2.24) is 5.32 Å². The highest BCUT2D eigenvalue weighted by molar-refractivity contribution is 7.16. The van der Waals surface area contributed by atoms with E-state index in [0.29, 0.717) is 12.4 Å². The molecular weight excluding hydrogens is 310 g/mol. The van der Waals surface area contributed by atoms with E-state index in [4.69, 9.17) is 11.6 Å². The van der Waals surface area contributed by atoms with E-state index in [0.717, 1.165) is 35.1 Å². The van der Waals surface area contributed by atoms with Crippen LogP contribution >= 0.6 is 22.9 Å². The summed E-state index contributed by atoms with van der Waals surface area (Å²) in [6.45, 7) is 7.95. The second-order valence-corrected chi connectivity index (χ2v) is 7.75. The van der Waals surface area contributed by atoms with Crippen molar-refractivity contribution in [3.63, 3.8) is 0 Å². The molecule has 2 N–H and O–H groups in total. The first-order valence-corrected chi connectivity index (χ1v) is 8.28. The van der Waals surface area contributed by atoms with E-state index in [1.165, 1.54) is 11.3 Å². The van der Waals surface area contributed by atoms with E-state index in [-0.39, 0.29) is 11.7 Å². The number of hydrogen-bond acceptors (Lipinski definition) is 5. The Kier molecular flexibility index (Phi) is 7.66. The lowest BCUT2D eigenvalue weighted by Gasteiger charge is -2.26. The van der Waals surface area contributed by atoms with Crippen LogP contribution < -0.4 is 5.32 Å². The fraction of sp³-hybridized carbons (Fsp3) is 0.667. The van der Waals surface area contributed by atoms with Crippen molar-refractivity contribution in [3.8, 4) is 0 Å². The summed E-state index contributed by atoms with van der Waals surface area (Å²) in [6.07, 6.45) is 1.78. The van der Waals surface area contributed by atoms with Crippen LogP contribution in [0.5, 0.6) is 0 Å². The van der Waals surface area contributed by atoms with Gasteiger partial charge < -0.3 is 15.2 Å². The van der Waals surface area contributed by atoms with E-state index >= 15 is 0 Å². The molecule has 0 aromatic carbocycles. The Hall–Kier alpha value is -0.620. The molecule has 1 saturated heterocycles. The molecule has 0 saturated carbocycles. The average Bonchev–Trinajstić information content (AvgIpc) is 2.85. The normalized spacial score (nSPS) is 17.6. The van der Waals surface area contributed by atoms with Crippen LogP contribution in [0.2, 0.25) is 4.34 Å². The van der Waals surface area contributed by atoms with Gasteiger partial charge in [0.2, 0.25) is 0 Å². The summed E-state index contributed by atoms with van der Waals surface area (Å²) >= 11 is 7.32. The van der Waals surface area contributed by atoms with Gasteiger partial charge >= 0.3 is 0 Å². The van der Waals surface area contributed by atoms with Crippen LogP contribution in [0, 0.1) is 5.92 Å². The van der Waals surface area contributed by atoms with Gasteiger partial charge in [0.15, 0.2) is 0 Å². The van der Waals surface area contributed by atoms with Gasteiger partial charge in [-0.25, -0.2) is 0 Å². The van der Waals surface area contributed by atoms with Crippen molar-refractivity contribution < 1.29 is 14.6 Å². The zero-order valence-electron chi connectivity index (χ0n) is 12.8. The Morgan fingerprint density at radius 2 is 2.05 bits per heavy atom. The molecular formula is C15H24ClNO3S. The molecule has 1 atom stereocenters. The summed E-state index contributed by atoms with van der Waals surface area (Å²) < 4.78 is 5.31. The number of piperidine rings is 1. The first-order valence-electron chi connectivity index (χ1n) is 7.09. The second kappa shape index (κ2) is 8.73.